The van der Waals surface area contributed by atoms with Crippen LogP contribution in [0.5, 0.6) is 0 Å². The Morgan fingerprint density at radius 2 is 1.54 bits per heavy atom. The Hall–Kier alpha value is -2.05. The number of anilines is 1. The summed E-state index contributed by atoms with van der Waals surface area (Å²) in [4.78, 5) is 22.5. The zero-order chi connectivity index (χ0) is 20.1. The highest BCUT2D eigenvalue weighted by Gasteiger charge is 2.33. The summed E-state index contributed by atoms with van der Waals surface area (Å²) in [6.45, 7) is 4.44. The quantitative estimate of drug-likeness (QED) is 0.358. The Labute approximate surface area is 154 Å². The van der Waals surface area contributed by atoms with Crippen molar-refractivity contribution in [3.05, 3.63) is 32.4 Å². The molecule has 1 N–H and O–H groups in total. The van der Waals surface area contributed by atoms with Crippen molar-refractivity contribution in [1.82, 2.24) is 4.13 Å². The first kappa shape index (κ1) is 22.0. The van der Waals surface area contributed by atoms with Crippen LogP contribution in [-0.2, 0) is 10.0 Å². The summed E-state index contributed by atoms with van der Waals surface area (Å²) < 4.78 is 26.8. The molecule has 1 aromatic rings. The number of nitro groups is 2. The topological polar surface area (TPSA) is 136 Å². The number of hydrogen-bond acceptors (Lipinski definition) is 7. The first-order chi connectivity index (χ1) is 12.0. The molecule has 0 aliphatic carbocycles. The molecule has 1 rings (SSSR count). The van der Waals surface area contributed by atoms with Crippen LogP contribution in [0.1, 0.15) is 26.7 Å². The van der Waals surface area contributed by atoms with E-state index >= 15 is 0 Å². The normalized spacial score (nSPS) is 12.6. The minimum atomic E-state index is -4.17. The second kappa shape index (κ2) is 9.05. The lowest BCUT2D eigenvalue weighted by Gasteiger charge is -2.23. The van der Waals surface area contributed by atoms with Crippen LogP contribution in [0, 0.1) is 20.2 Å². The van der Waals surface area contributed by atoms with Crippen molar-refractivity contribution in [3.63, 3.8) is 0 Å². The van der Waals surface area contributed by atoms with Gasteiger partial charge in [0.05, 0.1) is 14.7 Å². The summed E-state index contributed by atoms with van der Waals surface area (Å²) in [5.41, 5.74) is -1.39. The zero-order valence-electron chi connectivity index (χ0n) is 14.8. The maximum atomic E-state index is 12.3. The van der Waals surface area contributed by atoms with Gasteiger partial charge in [-0.05, 0) is 19.1 Å². The van der Waals surface area contributed by atoms with Crippen molar-refractivity contribution < 1.29 is 18.3 Å². The van der Waals surface area contributed by atoms with E-state index in [2.05, 4.69) is 10.00 Å². The molecule has 0 aliphatic heterocycles. The van der Waals surface area contributed by atoms with Gasteiger partial charge in [0.1, 0.15) is 0 Å². The van der Waals surface area contributed by atoms with E-state index in [1.807, 2.05) is 13.8 Å². The second-order valence-corrected chi connectivity index (χ2v) is 8.95. The Morgan fingerprint density at radius 3 is 1.85 bits per heavy atom. The van der Waals surface area contributed by atoms with E-state index < -0.39 is 46.8 Å². The number of nitrogens with one attached hydrogen (secondary N) is 1. The maximum Gasteiger partial charge on any atom is 0.301 e. The van der Waals surface area contributed by atoms with E-state index in [-0.39, 0.29) is 5.69 Å². The molecule has 12 heteroatoms. The minimum absolute atomic E-state index is 0.173. The molecule has 0 radical (unpaired) electrons. The molecule has 0 saturated carbocycles. The molecule has 0 spiro atoms. The smallest absolute Gasteiger partial charge is 0.301 e. The van der Waals surface area contributed by atoms with Gasteiger partial charge in [0.25, 0.3) is 0 Å². The molecule has 0 aliphatic rings. The van der Waals surface area contributed by atoms with Gasteiger partial charge in [0.2, 0.25) is 10.0 Å². The SMILES string of the molecule is C=S(C)NS(=O)(=O)c1cc([N+](=O)[O-])c(N(CCC)CCC)c([N+](=O)[O-])c1. The summed E-state index contributed by atoms with van der Waals surface area (Å²) in [6, 6.07) is 1.71. The minimum Gasteiger partial charge on any atom is -0.360 e. The molecule has 1 atom stereocenters. The van der Waals surface area contributed by atoms with E-state index in [1.54, 1.807) is 4.90 Å². The number of rotatable bonds is 10. The van der Waals surface area contributed by atoms with Gasteiger partial charge in [-0.2, -0.15) is 4.13 Å². The van der Waals surface area contributed by atoms with Gasteiger partial charge in [0.15, 0.2) is 5.69 Å². The molecular formula is C14H22N4O6S2. The van der Waals surface area contributed by atoms with E-state index in [1.165, 1.54) is 6.26 Å². The molecule has 26 heavy (non-hydrogen) atoms. The third-order valence-electron chi connectivity index (χ3n) is 3.30. The van der Waals surface area contributed by atoms with Gasteiger partial charge in [-0.15, -0.1) is 10.7 Å². The molecule has 146 valence electrons. The fourth-order valence-corrected chi connectivity index (χ4v) is 4.86. The van der Waals surface area contributed by atoms with Crippen LogP contribution in [-0.4, -0.2) is 43.5 Å². The van der Waals surface area contributed by atoms with Gasteiger partial charge in [-0.3, -0.25) is 20.2 Å². The number of benzene rings is 1. The fourth-order valence-electron chi connectivity index (χ4n) is 2.45. The van der Waals surface area contributed by atoms with E-state index in [0.717, 1.165) is 12.1 Å². The lowest BCUT2D eigenvalue weighted by atomic mass is 10.2. The average Bonchev–Trinajstić information content (AvgIpc) is 2.52. The van der Waals surface area contributed by atoms with Gasteiger partial charge in [-0.25, -0.2) is 8.42 Å². The van der Waals surface area contributed by atoms with Crippen LogP contribution in [0.15, 0.2) is 17.0 Å². The lowest BCUT2D eigenvalue weighted by Crippen LogP contribution is -2.27. The van der Waals surface area contributed by atoms with Crippen LogP contribution >= 0.6 is 10.7 Å². The number of nitrogens with zero attached hydrogens (tertiary/aromatic N) is 3. The first-order valence-corrected chi connectivity index (χ1v) is 11.0. The Kier molecular flexibility index (Phi) is 7.66. The number of nitro benzene ring substituents is 2. The third-order valence-corrected chi connectivity index (χ3v) is 6.17. The molecule has 0 fully saturated rings. The number of sulfonamides is 1. The molecule has 0 bridgehead atoms. The first-order valence-electron chi connectivity index (χ1n) is 7.75. The molecule has 10 nitrogen and oxygen atoms in total. The summed E-state index contributed by atoms with van der Waals surface area (Å²) in [5.74, 6) is 3.52. The van der Waals surface area contributed by atoms with Gasteiger partial charge in [0, 0.05) is 25.2 Å². The van der Waals surface area contributed by atoms with E-state index in [0.29, 0.717) is 25.9 Å². The van der Waals surface area contributed by atoms with Gasteiger partial charge in [-0.1, -0.05) is 19.7 Å². The highest BCUT2D eigenvalue weighted by atomic mass is 32.3. The van der Waals surface area contributed by atoms with Gasteiger partial charge < -0.3 is 4.90 Å². The van der Waals surface area contributed by atoms with Crippen LogP contribution in [0.3, 0.4) is 0 Å². The molecule has 1 aromatic carbocycles. The monoisotopic (exact) mass is 406 g/mol. The number of hydrogen-bond donors (Lipinski definition) is 1. The van der Waals surface area contributed by atoms with Crippen LogP contribution in [0.25, 0.3) is 0 Å². The molecule has 1 unspecified atom stereocenters. The van der Waals surface area contributed by atoms with Crippen LogP contribution in [0.4, 0.5) is 17.1 Å². The summed E-state index contributed by atoms with van der Waals surface area (Å²) >= 11 is 0. The van der Waals surface area contributed by atoms with Gasteiger partial charge >= 0.3 is 11.4 Å². The summed E-state index contributed by atoms with van der Waals surface area (Å²) in [6.07, 6.45) is 2.74. The zero-order valence-corrected chi connectivity index (χ0v) is 16.4. The van der Waals surface area contributed by atoms with Crippen molar-refractivity contribution >= 4 is 43.6 Å². The summed E-state index contributed by atoms with van der Waals surface area (Å²) in [5, 5.41) is 23.1. The third kappa shape index (κ3) is 5.22. The van der Waals surface area contributed by atoms with Crippen molar-refractivity contribution in [3.8, 4) is 0 Å². The average molecular weight is 406 g/mol. The predicted molar refractivity (Wildman–Crippen MR) is 104 cm³/mol. The summed E-state index contributed by atoms with van der Waals surface area (Å²) in [7, 11) is -5.14. The Bertz CT molecular complexity index is 784. The second-order valence-electron chi connectivity index (χ2n) is 5.54. The molecule has 0 saturated heterocycles. The van der Waals surface area contributed by atoms with E-state index in [4.69, 9.17) is 0 Å². The highest BCUT2D eigenvalue weighted by molar-refractivity contribution is 8.19. The van der Waals surface area contributed by atoms with E-state index in [9.17, 15) is 28.6 Å². The molecule has 0 aromatic heterocycles. The highest BCUT2D eigenvalue weighted by Crippen LogP contribution is 2.40. The molecular weight excluding hydrogens is 384 g/mol. The Balaban J connectivity index is 3.78. The Morgan fingerprint density at radius 1 is 1.12 bits per heavy atom. The molecule has 0 amide bonds. The van der Waals surface area contributed by atoms with Crippen molar-refractivity contribution in [2.24, 2.45) is 0 Å². The standard InChI is InChI=1S/C14H22N4O6S2/c1-5-7-16(8-6-2)14-12(17(19)20)9-11(10-13(14)18(21)22)26(23,24)15-25(3)4/h9-10,15H,3,5-8H2,1-2,4H3. The predicted octanol–water partition coefficient (Wildman–Crippen LogP) is 2.65. The van der Waals surface area contributed by atoms with Crippen LogP contribution in [0.2, 0.25) is 0 Å². The fraction of sp³-hybridized carbons (Fsp3) is 0.500. The van der Waals surface area contributed by atoms with Crippen molar-refractivity contribution in [2.75, 3.05) is 24.2 Å². The van der Waals surface area contributed by atoms with Crippen molar-refractivity contribution in [2.45, 2.75) is 31.6 Å². The largest absolute Gasteiger partial charge is 0.360 e. The maximum absolute atomic E-state index is 12.3. The van der Waals surface area contributed by atoms with Crippen LogP contribution < -0.4 is 9.03 Å². The van der Waals surface area contributed by atoms with Crippen molar-refractivity contribution in [1.29, 1.82) is 0 Å². The lowest BCUT2D eigenvalue weighted by molar-refractivity contribution is -0.393. The molecule has 0 heterocycles.